The average molecular weight is 479 g/mol. The molecule has 4 nitrogen and oxygen atoms in total. The van der Waals surface area contributed by atoms with Gasteiger partial charge in [0.05, 0.1) is 10.8 Å². The fraction of sp³-hybridized carbons (Fsp3) is 0.762. The minimum Gasteiger partial charge on any atom is -0.480 e. The van der Waals surface area contributed by atoms with Crippen molar-refractivity contribution in [3.63, 3.8) is 0 Å². The smallest absolute Gasteiger partial charge is 0.327 e. The number of rotatable bonds is 15. The third kappa shape index (κ3) is 11.0. The number of ketones is 2. The second kappa shape index (κ2) is 15.5. The zero-order chi connectivity index (χ0) is 22.4. The number of aliphatic carboxylic acids is 1. The zero-order valence-corrected chi connectivity index (χ0v) is 20.9. The largest absolute Gasteiger partial charge is 0.480 e. The summed E-state index contributed by atoms with van der Waals surface area (Å²) in [6, 6.07) is 0. The van der Waals surface area contributed by atoms with Crippen LogP contribution in [0.15, 0.2) is 0 Å². The molecule has 0 aromatic rings. The number of hydrogen-bond acceptors (Lipinski definition) is 6. The standard InChI is InChI=1S/C14H24OS.C7H10O3S3/c1-2-3-4-5-6-7-8-9-10-11-12-13(15)14(12)16;1-2-3-7(13,6(9)10)4(8)5(11)12/h12H,2-11H2,1H3;13H,2-3H2,1H3,(H,9,10)(H,11,12). The summed E-state index contributed by atoms with van der Waals surface area (Å²) in [6.45, 7) is 4.02. The lowest BCUT2D eigenvalue weighted by atomic mass is 9.98. The minimum atomic E-state index is -1.71. The van der Waals surface area contributed by atoms with Gasteiger partial charge < -0.3 is 5.11 Å². The molecule has 166 valence electrons. The first kappa shape index (κ1) is 28.7. The first-order valence-electron chi connectivity index (χ1n) is 10.4. The number of thiol groups is 2. The highest BCUT2D eigenvalue weighted by Gasteiger charge is 2.42. The van der Waals surface area contributed by atoms with Crippen LogP contribution < -0.4 is 0 Å². The van der Waals surface area contributed by atoms with Gasteiger partial charge in [-0.3, -0.25) is 14.4 Å². The normalized spacial score (nSPS) is 17.2. The fourth-order valence-electron chi connectivity index (χ4n) is 3.00. The number of carbonyl (C=O) groups is 3. The summed E-state index contributed by atoms with van der Waals surface area (Å²) in [5.74, 6) is -1.57. The predicted molar refractivity (Wildman–Crippen MR) is 134 cm³/mol. The first-order chi connectivity index (χ1) is 13.6. The number of thiocarbonyl (C=S) groups is 2. The molecule has 0 saturated heterocycles. The van der Waals surface area contributed by atoms with Gasteiger partial charge in [-0.15, -0.1) is 12.6 Å². The van der Waals surface area contributed by atoms with Crippen LogP contribution in [0.2, 0.25) is 0 Å². The number of carbonyl (C=O) groups excluding carboxylic acids is 2. The molecule has 1 aliphatic carbocycles. The van der Waals surface area contributed by atoms with Crippen molar-refractivity contribution in [2.75, 3.05) is 0 Å². The Labute approximate surface area is 196 Å². The monoisotopic (exact) mass is 478 g/mol. The number of hydrogen-bond donors (Lipinski definition) is 3. The van der Waals surface area contributed by atoms with E-state index in [4.69, 9.17) is 17.3 Å². The van der Waals surface area contributed by atoms with Gasteiger partial charge in [-0.2, -0.15) is 12.6 Å². The molecule has 0 heterocycles. The van der Waals surface area contributed by atoms with Crippen molar-refractivity contribution in [2.24, 2.45) is 5.92 Å². The maximum Gasteiger partial charge on any atom is 0.327 e. The van der Waals surface area contributed by atoms with E-state index in [1.54, 1.807) is 6.92 Å². The van der Waals surface area contributed by atoms with Gasteiger partial charge in [-0.25, -0.2) is 0 Å². The summed E-state index contributed by atoms with van der Waals surface area (Å²) >= 11 is 16.9. The average Bonchev–Trinajstić information content (AvgIpc) is 3.24. The molecule has 1 N–H and O–H groups in total. The fourth-order valence-corrected chi connectivity index (χ4v) is 4.18. The molecule has 29 heavy (non-hydrogen) atoms. The summed E-state index contributed by atoms with van der Waals surface area (Å²) < 4.78 is -1.96. The van der Waals surface area contributed by atoms with Crippen molar-refractivity contribution in [3.05, 3.63) is 0 Å². The van der Waals surface area contributed by atoms with Crippen LogP contribution in [0.1, 0.15) is 90.9 Å². The molecule has 0 spiro atoms. The van der Waals surface area contributed by atoms with Gasteiger partial charge in [0.25, 0.3) is 0 Å². The SMILES string of the molecule is CCCC(S)(C(=O)O)C(=O)C(=S)S.CCCCCCCCCCCC1C(=O)C1=S. The van der Waals surface area contributed by atoms with Crippen molar-refractivity contribution in [1.29, 1.82) is 0 Å². The number of carboxylic acids is 1. The van der Waals surface area contributed by atoms with E-state index in [-0.39, 0.29) is 22.3 Å². The molecule has 0 amide bonds. The van der Waals surface area contributed by atoms with Crippen LogP contribution in [0.4, 0.5) is 0 Å². The van der Waals surface area contributed by atoms with Crippen molar-refractivity contribution >= 4 is 76.3 Å². The van der Waals surface area contributed by atoms with Gasteiger partial charge in [0.1, 0.15) is 4.20 Å². The van der Waals surface area contributed by atoms with Crippen molar-refractivity contribution in [1.82, 2.24) is 0 Å². The van der Waals surface area contributed by atoms with Gasteiger partial charge in [0.15, 0.2) is 10.5 Å². The Balaban J connectivity index is 0.000000555. The van der Waals surface area contributed by atoms with E-state index in [1.165, 1.54) is 57.8 Å². The molecular formula is C21H34O4S4. The molecule has 0 radical (unpaired) electrons. The molecular weight excluding hydrogens is 444 g/mol. The van der Waals surface area contributed by atoms with Crippen LogP contribution in [0.25, 0.3) is 0 Å². The van der Waals surface area contributed by atoms with Crippen molar-refractivity contribution < 1.29 is 19.5 Å². The van der Waals surface area contributed by atoms with Crippen molar-refractivity contribution in [2.45, 2.75) is 95.6 Å². The highest BCUT2D eigenvalue weighted by Crippen LogP contribution is 2.27. The topological polar surface area (TPSA) is 71.4 Å². The summed E-state index contributed by atoms with van der Waals surface area (Å²) in [5, 5.41) is 8.79. The second-order valence-electron chi connectivity index (χ2n) is 7.45. The van der Waals surface area contributed by atoms with Crippen LogP contribution in [0.5, 0.6) is 0 Å². The lowest BCUT2D eigenvalue weighted by molar-refractivity contribution is -0.142. The molecule has 1 saturated carbocycles. The van der Waals surface area contributed by atoms with Crippen LogP contribution in [0, 0.1) is 5.92 Å². The molecule has 1 aliphatic rings. The van der Waals surface area contributed by atoms with Gasteiger partial charge in [0.2, 0.25) is 5.78 Å². The molecule has 2 unspecified atom stereocenters. The van der Waals surface area contributed by atoms with E-state index >= 15 is 0 Å². The molecule has 1 fully saturated rings. The van der Waals surface area contributed by atoms with Crippen LogP contribution >= 0.6 is 49.7 Å². The molecule has 0 aromatic carbocycles. The Morgan fingerprint density at radius 1 is 1.00 bits per heavy atom. The molecule has 8 heteroatoms. The van der Waals surface area contributed by atoms with Gasteiger partial charge in [0, 0.05) is 0 Å². The quantitative estimate of drug-likeness (QED) is 0.119. The second-order valence-corrected chi connectivity index (χ2v) is 9.81. The van der Waals surface area contributed by atoms with E-state index < -0.39 is 16.5 Å². The third-order valence-electron chi connectivity index (χ3n) is 4.92. The molecule has 0 bridgehead atoms. The molecule has 1 rings (SSSR count). The van der Waals surface area contributed by atoms with Crippen molar-refractivity contribution in [3.8, 4) is 0 Å². The summed E-state index contributed by atoms with van der Waals surface area (Å²) in [7, 11) is 0. The Morgan fingerprint density at radius 2 is 1.45 bits per heavy atom. The van der Waals surface area contributed by atoms with Gasteiger partial charge in [-0.1, -0.05) is 102 Å². The highest BCUT2D eigenvalue weighted by molar-refractivity contribution is 8.14. The van der Waals surface area contributed by atoms with E-state index in [0.29, 0.717) is 11.3 Å². The molecule has 0 aliphatic heterocycles. The summed E-state index contributed by atoms with van der Waals surface area (Å²) in [6.07, 6.45) is 13.8. The lowest BCUT2D eigenvalue weighted by Crippen LogP contribution is -2.43. The maximum atomic E-state index is 11.3. The Hall–Kier alpha value is -0.310. The molecule has 0 aromatic heterocycles. The first-order valence-corrected chi connectivity index (χ1v) is 12.2. The van der Waals surface area contributed by atoms with E-state index in [9.17, 15) is 14.4 Å². The van der Waals surface area contributed by atoms with Crippen LogP contribution in [-0.2, 0) is 14.4 Å². The van der Waals surface area contributed by atoms with Crippen LogP contribution in [-0.4, -0.2) is 36.5 Å². The number of carboxylic acid groups (broad SMARTS) is 1. The third-order valence-corrected chi connectivity index (χ3v) is 6.42. The van der Waals surface area contributed by atoms with E-state index in [1.807, 2.05) is 0 Å². The summed E-state index contributed by atoms with van der Waals surface area (Å²) in [4.78, 5) is 33.7. The minimum absolute atomic E-state index is 0.144. The Kier molecular flexibility index (Phi) is 15.3. The van der Waals surface area contributed by atoms with E-state index in [0.717, 1.165) is 6.42 Å². The summed E-state index contributed by atoms with van der Waals surface area (Å²) in [5.41, 5.74) is 0. The van der Waals surface area contributed by atoms with Gasteiger partial charge in [-0.05, 0) is 12.8 Å². The number of unbranched alkanes of at least 4 members (excludes halogenated alkanes) is 8. The Bertz CT molecular complexity index is 577. The van der Waals surface area contributed by atoms with E-state index in [2.05, 4.69) is 44.4 Å². The zero-order valence-electron chi connectivity index (χ0n) is 17.4. The lowest BCUT2D eigenvalue weighted by Gasteiger charge is -2.20. The predicted octanol–water partition coefficient (Wildman–Crippen LogP) is 5.84. The Morgan fingerprint density at radius 3 is 1.79 bits per heavy atom. The van der Waals surface area contributed by atoms with Gasteiger partial charge >= 0.3 is 5.97 Å². The number of Topliss-reactive ketones (excluding diaryl/α,β-unsaturated/α-hetero) is 2. The van der Waals surface area contributed by atoms with Crippen LogP contribution in [0.3, 0.4) is 0 Å². The maximum absolute atomic E-state index is 11.3. The molecule has 2 atom stereocenters. The highest BCUT2D eigenvalue weighted by atomic mass is 32.1.